The van der Waals surface area contributed by atoms with E-state index in [0.29, 0.717) is 5.56 Å². The van der Waals surface area contributed by atoms with Gasteiger partial charge in [-0.3, -0.25) is 0 Å². The molecule has 0 bridgehead atoms. The number of anilines is 2. The van der Waals surface area contributed by atoms with Gasteiger partial charge in [0.2, 0.25) is 0 Å². The van der Waals surface area contributed by atoms with E-state index in [1.165, 1.54) is 5.56 Å². The molecule has 160 valence electrons. The second-order valence-corrected chi connectivity index (χ2v) is 9.19. The van der Waals surface area contributed by atoms with Gasteiger partial charge in [-0.05, 0) is 85.3 Å². The van der Waals surface area contributed by atoms with Gasteiger partial charge >= 0.3 is 5.97 Å². The van der Waals surface area contributed by atoms with Gasteiger partial charge in [0, 0.05) is 18.3 Å². The SMILES string of the molecule is Cc1ccnc(Nc2cc(C)cc(-c3cnc(C4CCc5cc(C(=O)O)ccc54)s3)n2)c1. The number of carbonyl (C=O) groups is 1. The van der Waals surface area contributed by atoms with Crippen molar-refractivity contribution in [3.8, 4) is 10.6 Å². The summed E-state index contributed by atoms with van der Waals surface area (Å²) in [6, 6.07) is 13.4. The van der Waals surface area contributed by atoms with Crippen LogP contribution in [0.5, 0.6) is 0 Å². The summed E-state index contributed by atoms with van der Waals surface area (Å²) in [6.45, 7) is 4.08. The van der Waals surface area contributed by atoms with Crippen LogP contribution in [0.4, 0.5) is 11.6 Å². The number of nitrogens with zero attached hydrogens (tertiary/aromatic N) is 3. The summed E-state index contributed by atoms with van der Waals surface area (Å²) in [5, 5.41) is 13.6. The van der Waals surface area contributed by atoms with Crippen LogP contribution in [0.3, 0.4) is 0 Å². The Hall–Kier alpha value is -3.58. The predicted octanol–water partition coefficient (Wildman–Crippen LogP) is 5.74. The first-order chi connectivity index (χ1) is 15.5. The molecule has 4 aromatic rings. The van der Waals surface area contributed by atoms with Crippen LogP contribution in [0.1, 0.15) is 50.0 Å². The largest absolute Gasteiger partial charge is 0.478 e. The normalized spacial score (nSPS) is 14.9. The molecule has 1 aliphatic carbocycles. The van der Waals surface area contributed by atoms with Crippen LogP contribution >= 0.6 is 11.3 Å². The van der Waals surface area contributed by atoms with E-state index in [0.717, 1.165) is 56.7 Å². The van der Waals surface area contributed by atoms with Crippen molar-refractivity contribution in [2.45, 2.75) is 32.6 Å². The van der Waals surface area contributed by atoms with Gasteiger partial charge in [0.1, 0.15) is 16.6 Å². The lowest BCUT2D eigenvalue weighted by molar-refractivity contribution is 0.0696. The molecule has 1 unspecified atom stereocenters. The molecule has 1 aromatic carbocycles. The maximum absolute atomic E-state index is 11.3. The molecule has 5 rings (SSSR count). The number of rotatable bonds is 5. The summed E-state index contributed by atoms with van der Waals surface area (Å²) in [6.07, 6.45) is 5.48. The number of thiazole rings is 1. The van der Waals surface area contributed by atoms with Crippen LogP contribution in [-0.2, 0) is 6.42 Å². The van der Waals surface area contributed by atoms with Crippen molar-refractivity contribution < 1.29 is 9.90 Å². The van der Waals surface area contributed by atoms with Crippen molar-refractivity contribution in [1.29, 1.82) is 0 Å². The lowest BCUT2D eigenvalue weighted by Gasteiger charge is -2.09. The number of hydrogen-bond donors (Lipinski definition) is 2. The lowest BCUT2D eigenvalue weighted by atomic mass is 10.0. The molecule has 0 amide bonds. The van der Waals surface area contributed by atoms with Crippen molar-refractivity contribution in [2.75, 3.05) is 5.32 Å². The van der Waals surface area contributed by atoms with E-state index in [9.17, 15) is 9.90 Å². The Kier molecular flexibility index (Phi) is 5.19. The number of aryl methyl sites for hydroxylation is 3. The van der Waals surface area contributed by atoms with Crippen molar-refractivity contribution >= 4 is 28.9 Å². The van der Waals surface area contributed by atoms with E-state index >= 15 is 0 Å². The van der Waals surface area contributed by atoms with Gasteiger partial charge in [-0.15, -0.1) is 11.3 Å². The van der Waals surface area contributed by atoms with Crippen LogP contribution < -0.4 is 5.32 Å². The standard InChI is InChI=1S/C25H22N4O2S/c1-14-7-8-26-22(10-14)29-23-11-15(2)9-20(28-23)21-13-27-24(32-21)19-6-3-16-12-17(25(30)31)4-5-18(16)19/h4-5,7-13,19H,3,6H2,1-2H3,(H,30,31)(H,26,28,29). The number of fused-ring (bicyclic) bond motifs is 1. The van der Waals surface area contributed by atoms with Gasteiger partial charge in [-0.2, -0.15) is 0 Å². The highest BCUT2D eigenvalue weighted by atomic mass is 32.1. The molecule has 1 atom stereocenters. The summed E-state index contributed by atoms with van der Waals surface area (Å²) in [5.41, 5.74) is 5.75. The predicted molar refractivity (Wildman–Crippen MR) is 126 cm³/mol. The zero-order valence-electron chi connectivity index (χ0n) is 17.8. The highest BCUT2D eigenvalue weighted by molar-refractivity contribution is 7.15. The molecule has 0 aliphatic heterocycles. The number of carboxylic acid groups (broad SMARTS) is 1. The minimum Gasteiger partial charge on any atom is -0.478 e. The molecule has 2 N–H and O–H groups in total. The van der Waals surface area contributed by atoms with Gasteiger partial charge in [0.25, 0.3) is 0 Å². The first-order valence-electron chi connectivity index (χ1n) is 10.5. The van der Waals surface area contributed by atoms with Gasteiger partial charge in [0.05, 0.1) is 16.1 Å². The van der Waals surface area contributed by atoms with Gasteiger partial charge in [-0.25, -0.2) is 19.7 Å². The number of aromatic carboxylic acids is 1. The molecule has 6 nitrogen and oxygen atoms in total. The van der Waals surface area contributed by atoms with Crippen molar-refractivity contribution in [3.05, 3.63) is 87.7 Å². The van der Waals surface area contributed by atoms with Crippen LogP contribution in [0.15, 0.2) is 54.9 Å². The topological polar surface area (TPSA) is 88.0 Å². The maximum Gasteiger partial charge on any atom is 0.335 e. The molecule has 0 saturated heterocycles. The molecular weight excluding hydrogens is 420 g/mol. The summed E-state index contributed by atoms with van der Waals surface area (Å²) in [4.78, 5) is 26.2. The van der Waals surface area contributed by atoms with Crippen LogP contribution in [0.2, 0.25) is 0 Å². The third-order valence-corrected chi connectivity index (χ3v) is 6.82. The molecule has 0 saturated carbocycles. The van der Waals surface area contributed by atoms with E-state index in [2.05, 4.69) is 23.3 Å². The van der Waals surface area contributed by atoms with E-state index in [-0.39, 0.29) is 5.92 Å². The zero-order chi connectivity index (χ0) is 22.2. The van der Waals surface area contributed by atoms with Crippen LogP contribution in [0.25, 0.3) is 10.6 Å². The average molecular weight is 443 g/mol. The second kappa shape index (κ2) is 8.16. The Morgan fingerprint density at radius 2 is 1.91 bits per heavy atom. The molecule has 3 heterocycles. The molecule has 1 aliphatic rings. The van der Waals surface area contributed by atoms with E-state index < -0.39 is 5.97 Å². The van der Waals surface area contributed by atoms with Crippen LogP contribution in [-0.4, -0.2) is 26.0 Å². The number of pyridine rings is 2. The number of nitrogens with one attached hydrogen (secondary N) is 1. The third-order valence-electron chi connectivity index (χ3n) is 5.68. The Labute approximate surface area is 190 Å². The Morgan fingerprint density at radius 1 is 1.06 bits per heavy atom. The Bertz CT molecular complexity index is 1330. The van der Waals surface area contributed by atoms with Crippen molar-refractivity contribution in [1.82, 2.24) is 15.0 Å². The first-order valence-corrected chi connectivity index (χ1v) is 11.3. The van der Waals surface area contributed by atoms with E-state index in [1.54, 1.807) is 29.7 Å². The molecular formula is C25H22N4O2S. The zero-order valence-corrected chi connectivity index (χ0v) is 18.6. The smallest absolute Gasteiger partial charge is 0.335 e. The van der Waals surface area contributed by atoms with E-state index in [4.69, 9.17) is 9.97 Å². The molecule has 0 spiro atoms. The molecule has 7 heteroatoms. The van der Waals surface area contributed by atoms with Crippen LogP contribution in [0, 0.1) is 13.8 Å². The number of carboxylic acids is 1. The maximum atomic E-state index is 11.3. The number of hydrogen-bond acceptors (Lipinski definition) is 6. The van der Waals surface area contributed by atoms with Gasteiger partial charge in [-0.1, -0.05) is 6.07 Å². The number of benzene rings is 1. The van der Waals surface area contributed by atoms with Crippen molar-refractivity contribution in [3.63, 3.8) is 0 Å². The monoisotopic (exact) mass is 442 g/mol. The molecule has 3 aromatic heterocycles. The minimum absolute atomic E-state index is 0.200. The summed E-state index contributed by atoms with van der Waals surface area (Å²) < 4.78 is 0. The number of aromatic nitrogens is 3. The molecule has 32 heavy (non-hydrogen) atoms. The highest BCUT2D eigenvalue weighted by Crippen LogP contribution is 2.41. The van der Waals surface area contributed by atoms with Gasteiger partial charge in [0.15, 0.2) is 0 Å². The van der Waals surface area contributed by atoms with Crippen molar-refractivity contribution in [2.24, 2.45) is 0 Å². The summed E-state index contributed by atoms with van der Waals surface area (Å²) in [5.74, 6) is 0.830. The quantitative estimate of drug-likeness (QED) is 0.410. The van der Waals surface area contributed by atoms with E-state index in [1.807, 2.05) is 37.4 Å². The highest BCUT2D eigenvalue weighted by Gasteiger charge is 2.27. The Morgan fingerprint density at radius 3 is 2.72 bits per heavy atom. The average Bonchev–Trinajstić information content (AvgIpc) is 3.40. The fourth-order valence-electron chi connectivity index (χ4n) is 4.17. The Balaban J connectivity index is 1.42. The summed E-state index contributed by atoms with van der Waals surface area (Å²) >= 11 is 1.65. The fraction of sp³-hybridized carbons (Fsp3) is 0.200. The fourth-order valence-corrected chi connectivity index (χ4v) is 5.20. The third kappa shape index (κ3) is 3.99. The van der Waals surface area contributed by atoms with Gasteiger partial charge < -0.3 is 10.4 Å². The molecule has 0 radical (unpaired) electrons. The second-order valence-electron chi connectivity index (χ2n) is 8.13. The lowest BCUT2D eigenvalue weighted by Crippen LogP contribution is -1.99. The minimum atomic E-state index is -0.886. The molecule has 0 fully saturated rings. The summed E-state index contributed by atoms with van der Waals surface area (Å²) in [7, 11) is 0. The first kappa shape index (κ1) is 20.3.